The topological polar surface area (TPSA) is 39.7 Å². The maximum atomic E-state index is 5.84. The van der Waals surface area contributed by atoms with E-state index in [1.807, 2.05) is 7.05 Å². The molecule has 0 aromatic heterocycles. The predicted octanol–water partition coefficient (Wildman–Crippen LogP) is 0.949. The smallest absolute Gasteiger partial charge is 0.0813 e. The van der Waals surface area contributed by atoms with Gasteiger partial charge in [0.15, 0.2) is 0 Å². The molecule has 0 bridgehead atoms. The lowest BCUT2D eigenvalue weighted by molar-refractivity contribution is -0.0404. The molecule has 4 heteroatoms. The molecule has 3 atom stereocenters. The third kappa shape index (κ3) is 3.70. The highest BCUT2D eigenvalue weighted by atomic mass is 16.6. The van der Waals surface area contributed by atoms with Crippen molar-refractivity contribution in [2.24, 2.45) is 0 Å². The normalized spacial score (nSPS) is 34.7. The highest BCUT2D eigenvalue weighted by Crippen LogP contribution is 2.20. The summed E-state index contributed by atoms with van der Waals surface area (Å²) in [5.41, 5.74) is 0. The van der Waals surface area contributed by atoms with Crippen molar-refractivity contribution in [1.82, 2.24) is 5.32 Å². The summed E-state index contributed by atoms with van der Waals surface area (Å²) in [6.07, 6.45) is 5.59. The van der Waals surface area contributed by atoms with Crippen molar-refractivity contribution >= 4 is 0 Å². The second kappa shape index (κ2) is 6.55. The van der Waals surface area contributed by atoms with Crippen LogP contribution in [0.15, 0.2) is 0 Å². The maximum Gasteiger partial charge on any atom is 0.0813 e. The Morgan fingerprint density at radius 3 is 2.69 bits per heavy atom. The summed E-state index contributed by atoms with van der Waals surface area (Å²) in [5, 5.41) is 3.15. The van der Waals surface area contributed by atoms with Crippen LogP contribution in [0.5, 0.6) is 0 Å². The first-order chi connectivity index (χ1) is 7.88. The zero-order valence-corrected chi connectivity index (χ0v) is 10.1. The van der Waals surface area contributed by atoms with E-state index < -0.39 is 0 Å². The highest BCUT2D eigenvalue weighted by Gasteiger charge is 2.25. The van der Waals surface area contributed by atoms with Gasteiger partial charge in [-0.1, -0.05) is 0 Å². The molecular formula is C12H23NO3. The number of rotatable bonds is 6. The fraction of sp³-hybridized carbons (Fsp3) is 1.00. The largest absolute Gasteiger partial charge is 0.376 e. The summed E-state index contributed by atoms with van der Waals surface area (Å²) >= 11 is 0. The van der Waals surface area contributed by atoms with Crippen LogP contribution < -0.4 is 5.32 Å². The Labute approximate surface area is 97.6 Å². The molecule has 0 radical (unpaired) electrons. The zero-order valence-electron chi connectivity index (χ0n) is 10.1. The van der Waals surface area contributed by atoms with E-state index in [0.717, 1.165) is 45.6 Å². The SMILES string of the molecule is CNCC1CCC(COCC2CCCO2)O1. The summed E-state index contributed by atoms with van der Waals surface area (Å²) in [4.78, 5) is 0. The second-order valence-corrected chi connectivity index (χ2v) is 4.69. The molecule has 94 valence electrons. The number of hydrogen-bond donors (Lipinski definition) is 1. The molecule has 0 amide bonds. The van der Waals surface area contributed by atoms with Gasteiger partial charge in [0.2, 0.25) is 0 Å². The number of ether oxygens (including phenoxy) is 3. The molecule has 3 unspecified atom stereocenters. The monoisotopic (exact) mass is 229 g/mol. The molecule has 0 aromatic rings. The number of nitrogens with one attached hydrogen (secondary N) is 1. The molecular weight excluding hydrogens is 206 g/mol. The van der Waals surface area contributed by atoms with Gasteiger partial charge in [-0.25, -0.2) is 0 Å². The van der Waals surface area contributed by atoms with Crippen LogP contribution in [0.1, 0.15) is 25.7 Å². The molecule has 2 fully saturated rings. The second-order valence-electron chi connectivity index (χ2n) is 4.69. The molecule has 4 nitrogen and oxygen atoms in total. The van der Waals surface area contributed by atoms with Gasteiger partial charge in [0.25, 0.3) is 0 Å². The van der Waals surface area contributed by atoms with Crippen LogP contribution in [-0.4, -0.2) is 51.7 Å². The van der Waals surface area contributed by atoms with Crippen LogP contribution in [0.3, 0.4) is 0 Å². The van der Waals surface area contributed by atoms with E-state index >= 15 is 0 Å². The summed E-state index contributed by atoms with van der Waals surface area (Å²) < 4.78 is 17.0. The van der Waals surface area contributed by atoms with Gasteiger partial charge in [-0.05, 0) is 32.7 Å². The molecule has 2 saturated heterocycles. The number of likely N-dealkylation sites (N-methyl/N-ethyl adjacent to an activating group) is 1. The first-order valence-corrected chi connectivity index (χ1v) is 6.38. The lowest BCUT2D eigenvalue weighted by Crippen LogP contribution is -2.26. The number of hydrogen-bond acceptors (Lipinski definition) is 4. The van der Waals surface area contributed by atoms with Crippen molar-refractivity contribution in [2.45, 2.75) is 44.0 Å². The summed E-state index contributed by atoms with van der Waals surface area (Å²) in [6.45, 7) is 3.30. The Kier molecular flexibility index (Phi) is 5.03. The minimum atomic E-state index is 0.291. The molecule has 0 saturated carbocycles. The fourth-order valence-electron chi connectivity index (χ4n) is 2.39. The van der Waals surface area contributed by atoms with Crippen LogP contribution in [-0.2, 0) is 14.2 Å². The summed E-state index contributed by atoms with van der Waals surface area (Å²) in [6, 6.07) is 0. The Bertz CT molecular complexity index is 195. The van der Waals surface area contributed by atoms with Gasteiger partial charge in [0.05, 0.1) is 31.5 Å². The third-order valence-corrected chi connectivity index (χ3v) is 3.26. The van der Waals surface area contributed by atoms with Crippen molar-refractivity contribution in [3.63, 3.8) is 0 Å². The Balaban J connectivity index is 1.53. The molecule has 2 aliphatic rings. The van der Waals surface area contributed by atoms with E-state index in [2.05, 4.69) is 5.32 Å². The first-order valence-electron chi connectivity index (χ1n) is 6.38. The van der Waals surface area contributed by atoms with Crippen LogP contribution in [0.25, 0.3) is 0 Å². The van der Waals surface area contributed by atoms with E-state index in [1.165, 1.54) is 6.42 Å². The maximum absolute atomic E-state index is 5.84. The van der Waals surface area contributed by atoms with E-state index in [-0.39, 0.29) is 0 Å². The van der Waals surface area contributed by atoms with Crippen molar-refractivity contribution in [3.05, 3.63) is 0 Å². The average molecular weight is 229 g/mol. The highest BCUT2D eigenvalue weighted by molar-refractivity contribution is 4.75. The Hall–Kier alpha value is -0.160. The van der Waals surface area contributed by atoms with E-state index in [0.29, 0.717) is 18.3 Å². The molecule has 2 rings (SSSR count). The summed E-state index contributed by atoms with van der Waals surface area (Å²) in [7, 11) is 1.96. The van der Waals surface area contributed by atoms with Crippen LogP contribution in [0.4, 0.5) is 0 Å². The standard InChI is InChI=1S/C12H23NO3/c1-13-7-10-4-5-12(16-10)9-14-8-11-3-2-6-15-11/h10-13H,2-9H2,1H3. The Morgan fingerprint density at radius 1 is 1.12 bits per heavy atom. The van der Waals surface area contributed by atoms with Crippen LogP contribution in [0, 0.1) is 0 Å². The quantitative estimate of drug-likeness (QED) is 0.736. The van der Waals surface area contributed by atoms with Crippen molar-refractivity contribution in [1.29, 1.82) is 0 Å². The molecule has 2 aliphatic heterocycles. The third-order valence-electron chi connectivity index (χ3n) is 3.26. The molecule has 16 heavy (non-hydrogen) atoms. The molecule has 1 N–H and O–H groups in total. The minimum absolute atomic E-state index is 0.291. The van der Waals surface area contributed by atoms with Crippen LogP contribution >= 0.6 is 0 Å². The minimum Gasteiger partial charge on any atom is -0.376 e. The fourth-order valence-corrected chi connectivity index (χ4v) is 2.39. The first kappa shape index (κ1) is 12.3. The van der Waals surface area contributed by atoms with Crippen molar-refractivity contribution < 1.29 is 14.2 Å². The summed E-state index contributed by atoms with van der Waals surface area (Å²) in [5.74, 6) is 0. The van der Waals surface area contributed by atoms with E-state index in [1.54, 1.807) is 0 Å². The van der Waals surface area contributed by atoms with E-state index in [4.69, 9.17) is 14.2 Å². The lowest BCUT2D eigenvalue weighted by atomic mass is 10.2. The lowest BCUT2D eigenvalue weighted by Gasteiger charge is -2.15. The predicted molar refractivity (Wildman–Crippen MR) is 61.6 cm³/mol. The van der Waals surface area contributed by atoms with Crippen molar-refractivity contribution in [3.8, 4) is 0 Å². The zero-order chi connectivity index (χ0) is 11.2. The molecule has 0 aromatic carbocycles. The van der Waals surface area contributed by atoms with Gasteiger partial charge in [0.1, 0.15) is 0 Å². The van der Waals surface area contributed by atoms with Gasteiger partial charge < -0.3 is 19.5 Å². The van der Waals surface area contributed by atoms with Crippen molar-refractivity contribution in [2.75, 3.05) is 33.4 Å². The average Bonchev–Trinajstić information content (AvgIpc) is 2.90. The molecule has 2 heterocycles. The van der Waals surface area contributed by atoms with Gasteiger partial charge in [-0.15, -0.1) is 0 Å². The van der Waals surface area contributed by atoms with Gasteiger partial charge in [-0.2, -0.15) is 0 Å². The van der Waals surface area contributed by atoms with E-state index in [9.17, 15) is 0 Å². The molecule has 0 spiro atoms. The van der Waals surface area contributed by atoms with Gasteiger partial charge in [-0.3, -0.25) is 0 Å². The molecule has 0 aliphatic carbocycles. The van der Waals surface area contributed by atoms with Gasteiger partial charge in [0, 0.05) is 13.2 Å². The van der Waals surface area contributed by atoms with Crippen LogP contribution in [0.2, 0.25) is 0 Å². The Morgan fingerprint density at radius 2 is 1.94 bits per heavy atom. The van der Waals surface area contributed by atoms with Gasteiger partial charge >= 0.3 is 0 Å².